The summed E-state index contributed by atoms with van der Waals surface area (Å²) < 4.78 is 25.4. The van der Waals surface area contributed by atoms with E-state index in [2.05, 4.69) is 40.4 Å². The third-order valence-corrected chi connectivity index (χ3v) is 6.63. The molecule has 2 aromatic carbocycles. The van der Waals surface area contributed by atoms with Crippen molar-refractivity contribution in [3.8, 4) is 11.8 Å². The lowest BCUT2D eigenvalue weighted by Gasteiger charge is -2.21. The Kier molecular flexibility index (Phi) is 9.37. The number of fused-ring (bicyclic) bond motifs is 1. The van der Waals surface area contributed by atoms with Crippen LogP contribution in [0.4, 0.5) is 21.5 Å². The highest BCUT2D eigenvalue weighted by molar-refractivity contribution is 6.31. The van der Waals surface area contributed by atoms with Crippen molar-refractivity contribution in [1.29, 1.82) is 5.26 Å². The minimum Gasteiger partial charge on any atom is -0.486 e. The molecular formula is C28H31ClFN5O3. The van der Waals surface area contributed by atoms with Gasteiger partial charge in [0.1, 0.15) is 30.0 Å². The molecule has 0 aliphatic carbocycles. The summed E-state index contributed by atoms with van der Waals surface area (Å²) in [5.41, 5.74) is 2.39. The fourth-order valence-corrected chi connectivity index (χ4v) is 4.36. The van der Waals surface area contributed by atoms with Crippen LogP contribution >= 0.6 is 11.6 Å². The van der Waals surface area contributed by atoms with Gasteiger partial charge in [0.05, 0.1) is 40.7 Å². The van der Waals surface area contributed by atoms with Gasteiger partial charge >= 0.3 is 0 Å². The third-order valence-electron chi connectivity index (χ3n) is 6.34. The second-order valence-electron chi connectivity index (χ2n) is 8.88. The number of halogens is 2. The molecule has 3 N–H and O–H groups in total. The van der Waals surface area contributed by atoms with E-state index >= 15 is 0 Å². The number of likely N-dealkylation sites (N-methyl/N-ethyl adjacent to an activating group) is 1. The van der Waals surface area contributed by atoms with Crippen molar-refractivity contribution in [3.63, 3.8) is 0 Å². The minimum absolute atomic E-state index is 0.0386. The van der Waals surface area contributed by atoms with Gasteiger partial charge in [0.15, 0.2) is 0 Å². The highest BCUT2D eigenvalue weighted by Gasteiger charge is 2.21. The second-order valence-corrected chi connectivity index (χ2v) is 9.29. The molecule has 1 aliphatic heterocycles. The average Bonchev–Trinajstić information content (AvgIpc) is 3.42. The molecule has 38 heavy (non-hydrogen) atoms. The zero-order chi connectivity index (χ0) is 27.1. The van der Waals surface area contributed by atoms with Crippen LogP contribution in [0.15, 0.2) is 48.7 Å². The quantitative estimate of drug-likeness (QED) is 0.219. The van der Waals surface area contributed by atoms with E-state index in [4.69, 9.17) is 21.1 Å². The average molecular weight is 540 g/mol. The van der Waals surface area contributed by atoms with Gasteiger partial charge in [0, 0.05) is 36.3 Å². The Hall–Kier alpha value is -3.42. The number of aliphatic hydroxyl groups excluding tert-OH is 1. The number of aliphatic hydroxyl groups is 1. The SMILES string of the molecule is CCN(CC)C/C=C/C(O)Nc1cc2c(Nc3ccc(F)c(Cl)c3)c(C#N)cnc2cc1OC1CCOC1. The van der Waals surface area contributed by atoms with Crippen molar-refractivity contribution in [3.05, 3.63) is 65.1 Å². The largest absolute Gasteiger partial charge is 0.486 e. The molecule has 0 bridgehead atoms. The number of nitrogens with zero attached hydrogens (tertiary/aromatic N) is 3. The lowest BCUT2D eigenvalue weighted by Crippen LogP contribution is -2.24. The fourth-order valence-electron chi connectivity index (χ4n) is 4.18. The van der Waals surface area contributed by atoms with E-state index in [1.165, 1.54) is 24.4 Å². The molecule has 0 spiro atoms. The van der Waals surface area contributed by atoms with Crippen LogP contribution in [-0.2, 0) is 4.74 Å². The van der Waals surface area contributed by atoms with E-state index in [1.54, 1.807) is 18.2 Å². The number of nitrogens with one attached hydrogen (secondary N) is 2. The first-order chi connectivity index (χ1) is 18.4. The standard InChI is InChI=1S/C28H31ClFN5O3/c1-3-35(4-2)10-5-6-27(36)34-25-13-21-24(14-26(25)38-20-9-11-37-17-20)32-16-18(15-31)28(21)33-19-7-8-23(30)22(29)12-19/h5-8,12-14,16,20,27,34,36H,3-4,9-11,17H2,1-2H3,(H,32,33)/b6-5+. The second kappa shape index (κ2) is 12.9. The molecule has 2 unspecified atom stereocenters. The minimum atomic E-state index is -0.982. The molecule has 1 aromatic heterocycles. The van der Waals surface area contributed by atoms with Crippen LogP contribution in [0.5, 0.6) is 5.75 Å². The van der Waals surface area contributed by atoms with Crippen molar-refractivity contribution in [1.82, 2.24) is 9.88 Å². The van der Waals surface area contributed by atoms with E-state index in [1.807, 2.05) is 6.08 Å². The molecule has 200 valence electrons. The Morgan fingerprint density at radius 2 is 2.16 bits per heavy atom. The first kappa shape index (κ1) is 27.6. The molecule has 0 saturated carbocycles. The maximum atomic E-state index is 13.7. The molecule has 1 saturated heterocycles. The van der Waals surface area contributed by atoms with Gasteiger partial charge in [-0.15, -0.1) is 0 Å². The predicted octanol–water partition coefficient (Wildman–Crippen LogP) is 5.44. The Labute approximate surface area is 226 Å². The summed E-state index contributed by atoms with van der Waals surface area (Å²) in [5, 5.41) is 27.4. The molecule has 2 atom stereocenters. The number of rotatable bonds is 11. The number of anilines is 3. The lowest BCUT2D eigenvalue weighted by molar-refractivity contribution is 0.141. The summed E-state index contributed by atoms with van der Waals surface area (Å²) >= 11 is 5.97. The van der Waals surface area contributed by atoms with Crippen LogP contribution in [0.3, 0.4) is 0 Å². The maximum absolute atomic E-state index is 13.7. The van der Waals surface area contributed by atoms with Crippen LogP contribution in [-0.4, -0.2) is 60.2 Å². The monoisotopic (exact) mass is 539 g/mol. The number of pyridine rings is 1. The Morgan fingerprint density at radius 3 is 2.84 bits per heavy atom. The highest BCUT2D eigenvalue weighted by Crippen LogP contribution is 2.37. The Balaban J connectivity index is 1.72. The van der Waals surface area contributed by atoms with Gasteiger partial charge in [-0.05, 0) is 43.4 Å². The molecule has 3 aromatic rings. The molecule has 1 fully saturated rings. The zero-order valence-corrected chi connectivity index (χ0v) is 22.1. The molecule has 0 amide bonds. The first-order valence-electron chi connectivity index (χ1n) is 12.6. The van der Waals surface area contributed by atoms with E-state index in [0.717, 1.165) is 26.1 Å². The molecule has 2 heterocycles. The predicted molar refractivity (Wildman–Crippen MR) is 148 cm³/mol. The number of hydrogen-bond acceptors (Lipinski definition) is 8. The first-order valence-corrected chi connectivity index (χ1v) is 13.0. The van der Waals surface area contributed by atoms with E-state index in [-0.39, 0.29) is 11.1 Å². The summed E-state index contributed by atoms with van der Waals surface area (Å²) in [7, 11) is 0. The fraction of sp³-hybridized carbons (Fsp3) is 0.357. The van der Waals surface area contributed by atoms with Crippen molar-refractivity contribution in [2.24, 2.45) is 0 Å². The van der Waals surface area contributed by atoms with Gasteiger partial charge in [-0.2, -0.15) is 5.26 Å². The molecule has 0 radical (unpaired) electrons. The van der Waals surface area contributed by atoms with Crippen molar-refractivity contribution >= 4 is 39.6 Å². The Morgan fingerprint density at radius 1 is 1.34 bits per heavy atom. The smallest absolute Gasteiger partial charge is 0.145 e. The topological polar surface area (TPSA) is 103 Å². The van der Waals surface area contributed by atoms with Gasteiger partial charge in [0.2, 0.25) is 0 Å². The highest BCUT2D eigenvalue weighted by atomic mass is 35.5. The Bertz CT molecular complexity index is 1340. The van der Waals surface area contributed by atoms with Gasteiger partial charge in [0.25, 0.3) is 0 Å². The number of benzene rings is 2. The van der Waals surface area contributed by atoms with Crippen LogP contribution in [0, 0.1) is 17.1 Å². The van der Waals surface area contributed by atoms with Crippen molar-refractivity contribution < 1.29 is 19.0 Å². The molecule has 10 heteroatoms. The third kappa shape index (κ3) is 6.71. The molecular weight excluding hydrogens is 509 g/mol. The van der Waals surface area contributed by atoms with Crippen LogP contribution in [0.25, 0.3) is 10.9 Å². The number of aromatic nitrogens is 1. The van der Waals surface area contributed by atoms with E-state index in [0.29, 0.717) is 52.5 Å². The van der Waals surface area contributed by atoms with E-state index < -0.39 is 12.0 Å². The lowest BCUT2D eigenvalue weighted by atomic mass is 10.1. The van der Waals surface area contributed by atoms with Gasteiger partial charge < -0.3 is 30.1 Å². The molecule has 1 aliphatic rings. The van der Waals surface area contributed by atoms with Crippen molar-refractivity contribution in [2.45, 2.75) is 32.6 Å². The van der Waals surface area contributed by atoms with E-state index in [9.17, 15) is 14.8 Å². The van der Waals surface area contributed by atoms with Crippen LogP contribution < -0.4 is 15.4 Å². The molecule has 8 nitrogen and oxygen atoms in total. The van der Waals surface area contributed by atoms with Gasteiger partial charge in [-0.1, -0.05) is 31.5 Å². The van der Waals surface area contributed by atoms with Crippen LogP contribution in [0.1, 0.15) is 25.8 Å². The normalized spacial score (nSPS) is 16.2. The number of hydrogen-bond donors (Lipinski definition) is 3. The zero-order valence-electron chi connectivity index (χ0n) is 21.4. The maximum Gasteiger partial charge on any atom is 0.145 e. The summed E-state index contributed by atoms with van der Waals surface area (Å²) in [5.74, 6) is -0.0262. The van der Waals surface area contributed by atoms with Gasteiger partial charge in [-0.3, -0.25) is 4.98 Å². The summed E-state index contributed by atoms with van der Waals surface area (Å²) in [6.07, 6.45) is 4.72. The van der Waals surface area contributed by atoms with Gasteiger partial charge in [-0.25, -0.2) is 4.39 Å². The summed E-state index contributed by atoms with van der Waals surface area (Å²) in [4.78, 5) is 6.68. The van der Waals surface area contributed by atoms with Crippen molar-refractivity contribution in [2.75, 3.05) is 43.5 Å². The number of ether oxygens (including phenoxy) is 2. The number of nitriles is 1. The summed E-state index contributed by atoms with van der Waals surface area (Å²) in [6, 6.07) is 9.94. The molecule has 4 rings (SSSR count). The van der Waals surface area contributed by atoms with Crippen LogP contribution in [0.2, 0.25) is 5.02 Å². The summed E-state index contributed by atoms with van der Waals surface area (Å²) in [6.45, 7) is 7.83.